The average molecular weight is 364 g/mol. The minimum atomic E-state index is -0.270. The second-order valence-electron chi connectivity index (χ2n) is 5.29. The van der Waals surface area contributed by atoms with Gasteiger partial charge in [0.15, 0.2) is 6.61 Å². The zero-order valence-electron chi connectivity index (χ0n) is 14.4. The number of amides is 1. The van der Waals surface area contributed by atoms with Crippen molar-refractivity contribution in [3.63, 3.8) is 0 Å². The highest BCUT2D eigenvalue weighted by Crippen LogP contribution is 2.24. The van der Waals surface area contributed by atoms with E-state index in [0.29, 0.717) is 42.0 Å². The van der Waals surface area contributed by atoms with Gasteiger partial charge in [0.2, 0.25) is 0 Å². The summed E-state index contributed by atoms with van der Waals surface area (Å²) in [6.07, 6.45) is 0. The zero-order chi connectivity index (χ0) is 18.1. The lowest BCUT2D eigenvalue weighted by Gasteiger charge is -2.13. The number of hydrogen-bond donors (Lipinski definition) is 1. The molecule has 0 radical (unpaired) electrons. The predicted octanol–water partition coefficient (Wildman–Crippen LogP) is 4.08. The first-order valence-electron chi connectivity index (χ1n) is 8.08. The number of carbonyl (C=O) groups is 1. The van der Waals surface area contributed by atoms with E-state index in [2.05, 4.69) is 5.32 Å². The molecule has 2 aromatic rings. The standard InChI is InChI=1S/C19H22ClNO4/c1-3-23-10-11-24-18-7-5-4-6-17(18)21-19(22)13-25-15-8-9-16(20)14(2)12-15/h4-9,12H,3,10-11,13H2,1-2H3,(H,21,22). The maximum absolute atomic E-state index is 12.1. The van der Waals surface area contributed by atoms with Crippen LogP contribution in [0, 0.1) is 6.92 Å². The van der Waals surface area contributed by atoms with Crippen molar-refractivity contribution in [2.24, 2.45) is 0 Å². The van der Waals surface area contributed by atoms with E-state index in [0.717, 1.165) is 5.56 Å². The summed E-state index contributed by atoms with van der Waals surface area (Å²) in [5.41, 5.74) is 1.49. The summed E-state index contributed by atoms with van der Waals surface area (Å²) in [6, 6.07) is 12.5. The van der Waals surface area contributed by atoms with Crippen molar-refractivity contribution in [1.29, 1.82) is 0 Å². The monoisotopic (exact) mass is 363 g/mol. The van der Waals surface area contributed by atoms with Crippen molar-refractivity contribution in [1.82, 2.24) is 0 Å². The Hall–Kier alpha value is -2.24. The highest BCUT2D eigenvalue weighted by Gasteiger charge is 2.09. The van der Waals surface area contributed by atoms with E-state index < -0.39 is 0 Å². The molecule has 2 aromatic carbocycles. The van der Waals surface area contributed by atoms with Gasteiger partial charge in [0.05, 0.1) is 12.3 Å². The van der Waals surface area contributed by atoms with Gasteiger partial charge in [0.1, 0.15) is 18.1 Å². The molecule has 0 saturated heterocycles. The van der Waals surface area contributed by atoms with Gasteiger partial charge in [0.25, 0.3) is 5.91 Å². The average Bonchev–Trinajstić information content (AvgIpc) is 2.61. The van der Waals surface area contributed by atoms with Gasteiger partial charge >= 0.3 is 0 Å². The van der Waals surface area contributed by atoms with E-state index in [1.54, 1.807) is 30.3 Å². The SMILES string of the molecule is CCOCCOc1ccccc1NC(=O)COc1ccc(Cl)c(C)c1. The first-order valence-corrected chi connectivity index (χ1v) is 8.46. The smallest absolute Gasteiger partial charge is 0.262 e. The van der Waals surface area contributed by atoms with Gasteiger partial charge < -0.3 is 19.5 Å². The molecule has 0 aliphatic heterocycles. The van der Waals surface area contributed by atoms with E-state index in [-0.39, 0.29) is 12.5 Å². The van der Waals surface area contributed by atoms with Crippen molar-refractivity contribution in [3.05, 3.63) is 53.1 Å². The molecule has 0 unspecified atom stereocenters. The van der Waals surface area contributed by atoms with Crippen LogP contribution in [0.25, 0.3) is 0 Å². The third-order valence-electron chi connectivity index (χ3n) is 3.35. The first-order chi connectivity index (χ1) is 12.1. The van der Waals surface area contributed by atoms with Crippen molar-refractivity contribution in [3.8, 4) is 11.5 Å². The van der Waals surface area contributed by atoms with Gasteiger partial charge in [-0.15, -0.1) is 0 Å². The van der Waals surface area contributed by atoms with Gasteiger partial charge in [-0.1, -0.05) is 23.7 Å². The number of nitrogens with one attached hydrogen (secondary N) is 1. The number of halogens is 1. The minimum absolute atomic E-state index is 0.103. The Morgan fingerprint density at radius 2 is 1.92 bits per heavy atom. The van der Waals surface area contributed by atoms with Crippen LogP contribution in [0.4, 0.5) is 5.69 Å². The van der Waals surface area contributed by atoms with Crippen LogP contribution in [0.3, 0.4) is 0 Å². The van der Waals surface area contributed by atoms with Crippen molar-refractivity contribution >= 4 is 23.2 Å². The highest BCUT2D eigenvalue weighted by atomic mass is 35.5. The van der Waals surface area contributed by atoms with Crippen LogP contribution in [-0.2, 0) is 9.53 Å². The summed E-state index contributed by atoms with van der Waals surface area (Å²) >= 11 is 5.97. The van der Waals surface area contributed by atoms with Crippen LogP contribution in [0.1, 0.15) is 12.5 Å². The van der Waals surface area contributed by atoms with Gasteiger partial charge in [-0.2, -0.15) is 0 Å². The molecule has 0 bridgehead atoms. The van der Waals surface area contributed by atoms with E-state index >= 15 is 0 Å². The van der Waals surface area contributed by atoms with Crippen LogP contribution < -0.4 is 14.8 Å². The molecule has 0 aromatic heterocycles. The van der Waals surface area contributed by atoms with Crippen LogP contribution in [0.5, 0.6) is 11.5 Å². The molecule has 0 atom stereocenters. The Morgan fingerprint density at radius 3 is 2.68 bits per heavy atom. The summed E-state index contributed by atoms with van der Waals surface area (Å²) in [7, 11) is 0. The molecule has 25 heavy (non-hydrogen) atoms. The number of anilines is 1. The van der Waals surface area contributed by atoms with E-state index in [1.165, 1.54) is 0 Å². The summed E-state index contributed by atoms with van der Waals surface area (Å²) in [4.78, 5) is 12.1. The number of carbonyl (C=O) groups excluding carboxylic acids is 1. The summed E-state index contributed by atoms with van der Waals surface area (Å²) in [5, 5.41) is 3.45. The quantitative estimate of drug-likeness (QED) is 0.682. The number of aryl methyl sites for hydroxylation is 1. The predicted molar refractivity (Wildman–Crippen MR) is 98.7 cm³/mol. The molecule has 0 spiro atoms. The fourth-order valence-corrected chi connectivity index (χ4v) is 2.21. The fourth-order valence-electron chi connectivity index (χ4n) is 2.09. The topological polar surface area (TPSA) is 56.8 Å². The van der Waals surface area contributed by atoms with Crippen LogP contribution in [0.15, 0.2) is 42.5 Å². The zero-order valence-corrected chi connectivity index (χ0v) is 15.1. The lowest BCUT2D eigenvalue weighted by molar-refractivity contribution is -0.118. The van der Waals surface area contributed by atoms with E-state index in [1.807, 2.05) is 26.0 Å². The third-order valence-corrected chi connectivity index (χ3v) is 3.77. The summed E-state index contributed by atoms with van der Waals surface area (Å²) in [5.74, 6) is 0.921. The van der Waals surface area contributed by atoms with E-state index in [4.69, 9.17) is 25.8 Å². The molecular formula is C19H22ClNO4. The number of para-hydroxylation sites is 2. The second kappa shape index (κ2) is 9.91. The van der Waals surface area contributed by atoms with Crippen molar-refractivity contribution < 1.29 is 19.0 Å². The largest absolute Gasteiger partial charge is 0.489 e. The maximum Gasteiger partial charge on any atom is 0.262 e. The van der Waals surface area contributed by atoms with Gasteiger partial charge in [-0.3, -0.25) is 4.79 Å². The molecule has 0 aliphatic carbocycles. The number of ether oxygens (including phenoxy) is 3. The Kier molecular flexibility index (Phi) is 7.57. The number of hydrogen-bond acceptors (Lipinski definition) is 4. The minimum Gasteiger partial charge on any atom is -0.489 e. The molecule has 0 aliphatic rings. The Labute approximate surface area is 152 Å². The Bertz CT molecular complexity index is 706. The van der Waals surface area contributed by atoms with Crippen LogP contribution in [-0.4, -0.2) is 32.3 Å². The molecule has 6 heteroatoms. The molecular weight excluding hydrogens is 342 g/mol. The van der Waals surface area contributed by atoms with Crippen LogP contribution in [0.2, 0.25) is 5.02 Å². The lowest BCUT2D eigenvalue weighted by atomic mass is 10.2. The normalized spacial score (nSPS) is 10.4. The molecule has 0 heterocycles. The molecule has 2 rings (SSSR count). The highest BCUT2D eigenvalue weighted by molar-refractivity contribution is 6.31. The number of rotatable bonds is 9. The molecule has 1 amide bonds. The van der Waals surface area contributed by atoms with Crippen molar-refractivity contribution in [2.45, 2.75) is 13.8 Å². The molecule has 1 N–H and O–H groups in total. The summed E-state index contributed by atoms with van der Waals surface area (Å²) < 4.78 is 16.4. The Morgan fingerprint density at radius 1 is 1.12 bits per heavy atom. The maximum atomic E-state index is 12.1. The second-order valence-corrected chi connectivity index (χ2v) is 5.70. The van der Waals surface area contributed by atoms with Gasteiger partial charge in [-0.05, 0) is 49.7 Å². The number of benzene rings is 2. The fraction of sp³-hybridized carbons (Fsp3) is 0.316. The molecule has 134 valence electrons. The molecule has 0 saturated carbocycles. The van der Waals surface area contributed by atoms with Gasteiger partial charge in [-0.25, -0.2) is 0 Å². The lowest BCUT2D eigenvalue weighted by Crippen LogP contribution is -2.20. The Balaban J connectivity index is 1.88. The van der Waals surface area contributed by atoms with Crippen molar-refractivity contribution in [2.75, 3.05) is 31.7 Å². The molecule has 5 nitrogen and oxygen atoms in total. The van der Waals surface area contributed by atoms with Crippen LogP contribution >= 0.6 is 11.6 Å². The molecule has 0 fully saturated rings. The first kappa shape index (κ1) is 19.1. The third kappa shape index (κ3) is 6.29. The van der Waals surface area contributed by atoms with Gasteiger partial charge in [0, 0.05) is 11.6 Å². The van der Waals surface area contributed by atoms with E-state index in [9.17, 15) is 4.79 Å². The summed E-state index contributed by atoms with van der Waals surface area (Å²) in [6.45, 7) is 5.26.